The third-order valence-corrected chi connectivity index (χ3v) is 3.85. The van der Waals surface area contributed by atoms with Crippen LogP contribution in [0.1, 0.15) is 5.69 Å². The fourth-order valence-corrected chi connectivity index (χ4v) is 2.64. The molecule has 1 aliphatic rings. The molecule has 0 aliphatic carbocycles. The van der Waals surface area contributed by atoms with Crippen molar-refractivity contribution >= 4 is 32.9 Å². The zero-order valence-corrected chi connectivity index (χ0v) is 12.8. The highest BCUT2D eigenvalue weighted by molar-refractivity contribution is 7.85. The van der Waals surface area contributed by atoms with Crippen LogP contribution in [0.4, 0.5) is 10.5 Å². The van der Waals surface area contributed by atoms with Crippen LogP contribution in [0.2, 0.25) is 0 Å². The Bertz CT molecular complexity index is 828. The van der Waals surface area contributed by atoms with Crippen molar-refractivity contribution in [2.75, 3.05) is 24.3 Å². The number of carbonyl (C=O) groups is 1. The van der Waals surface area contributed by atoms with Gasteiger partial charge < -0.3 is 9.26 Å². The number of rotatable bonds is 4. The Labute approximate surface area is 126 Å². The first-order valence-corrected chi connectivity index (χ1v) is 8.34. The van der Waals surface area contributed by atoms with E-state index in [0.29, 0.717) is 11.3 Å². The van der Waals surface area contributed by atoms with Crippen LogP contribution in [0.25, 0.3) is 11.0 Å². The highest BCUT2D eigenvalue weighted by atomic mass is 32.2. The molecule has 1 aromatic heterocycles. The van der Waals surface area contributed by atoms with Crippen LogP contribution in [-0.2, 0) is 19.0 Å². The quantitative estimate of drug-likeness (QED) is 0.784. The standard InChI is InChI=1S/C13H14N2O6S/c1-8-11-4-3-9(5-12(11)21-14-8)15-6-10(20-13(15)16)7-19-22(2,17)18/h3-5,10H,6-7H2,1-2H3/t10-/m1/s1. The van der Waals surface area contributed by atoms with Gasteiger partial charge in [-0.05, 0) is 19.1 Å². The van der Waals surface area contributed by atoms with Gasteiger partial charge in [-0.2, -0.15) is 8.42 Å². The second-order valence-electron chi connectivity index (χ2n) is 5.05. The van der Waals surface area contributed by atoms with E-state index in [0.717, 1.165) is 17.3 Å². The van der Waals surface area contributed by atoms with Crippen LogP contribution < -0.4 is 4.90 Å². The largest absolute Gasteiger partial charge is 0.441 e. The Morgan fingerprint density at radius 2 is 2.23 bits per heavy atom. The molecular formula is C13H14N2O6S. The van der Waals surface area contributed by atoms with Crippen LogP contribution in [0.15, 0.2) is 22.7 Å². The Hall–Kier alpha value is -2.13. The average Bonchev–Trinajstić information content (AvgIpc) is 2.99. The Balaban J connectivity index is 1.77. The molecule has 1 atom stereocenters. The molecular weight excluding hydrogens is 312 g/mol. The molecule has 1 amide bonds. The number of hydrogen-bond acceptors (Lipinski definition) is 7. The summed E-state index contributed by atoms with van der Waals surface area (Å²) in [5.74, 6) is 0. The van der Waals surface area contributed by atoms with E-state index in [1.165, 1.54) is 4.90 Å². The summed E-state index contributed by atoms with van der Waals surface area (Å²) < 4.78 is 36.9. The summed E-state index contributed by atoms with van der Waals surface area (Å²) in [6, 6.07) is 5.26. The molecule has 2 aromatic rings. The van der Waals surface area contributed by atoms with Gasteiger partial charge >= 0.3 is 6.09 Å². The first kappa shape index (κ1) is 14.8. The first-order chi connectivity index (χ1) is 10.3. The zero-order valence-electron chi connectivity index (χ0n) is 12.0. The molecule has 1 saturated heterocycles. The summed E-state index contributed by atoms with van der Waals surface area (Å²) in [5.41, 5.74) is 1.93. The maximum absolute atomic E-state index is 11.9. The summed E-state index contributed by atoms with van der Waals surface area (Å²) in [5, 5.41) is 4.73. The molecule has 2 heterocycles. The number of ether oxygens (including phenoxy) is 1. The molecule has 0 N–H and O–H groups in total. The van der Waals surface area contributed by atoms with Gasteiger partial charge in [0.2, 0.25) is 0 Å². The lowest BCUT2D eigenvalue weighted by molar-refractivity contribution is 0.107. The van der Waals surface area contributed by atoms with E-state index in [1.54, 1.807) is 12.1 Å². The van der Waals surface area contributed by atoms with Gasteiger partial charge in [0.15, 0.2) is 5.58 Å². The molecule has 22 heavy (non-hydrogen) atoms. The first-order valence-electron chi connectivity index (χ1n) is 6.52. The molecule has 1 aliphatic heterocycles. The van der Waals surface area contributed by atoms with Crippen molar-refractivity contribution in [3.8, 4) is 0 Å². The number of hydrogen-bond donors (Lipinski definition) is 0. The van der Waals surface area contributed by atoms with E-state index in [2.05, 4.69) is 9.34 Å². The van der Waals surface area contributed by atoms with Gasteiger partial charge in [-0.15, -0.1) is 0 Å². The van der Waals surface area contributed by atoms with Gasteiger partial charge in [-0.1, -0.05) is 5.16 Å². The number of cyclic esters (lactones) is 1. The van der Waals surface area contributed by atoms with Crippen molar-refractivity contribution in [3.63, 3.8) is 0 Å². The van der Waals surface area contributed by atoms with Gasteiger partial charge in [0.25, 0.3) is 10.1 Å². The summed E-state index contributed by atoms with van der Waals surface area (Å²) in [6.45, 7) is 1.83. The summed E-state index contributed by atoms with van der Waals surface area (Å²) in [7, 11) is -3.57. The molecule has 118 valence electrons. The minimum Gasteiger partial charge on any atom is -0.441 e. The van der Waals surface area contributed by atoms with E-state index >= 15 is 0 Å². The molecule has 3 rings (SSSR count). The zero-order chi connectivity index (χ0) is 15.9. The number of anilines is 1. The number of fused-ring (bicyclic) bond motifs is 1. The number of nitrogens with zero attached hydrogens (tertiary/aromatic N) is 2. The van der Waals surface area contributed by atoms with E-state index in [9.17, 15) is 13.2 Å². The molecule has 9 heteroatoms. The van der Waals surface area contributed by atoms with Gasteiger partial charge in [0.1, 0.15) is 12.7 Å². The van der Waals surface area contributed by atoms with Crippen molar-refractivity contribution in [3.05, 3.63) is 23.9 Å². The second-order valence-corrected chi connectivity index (χ2v) is 6.70. The molecule has 0 spiro atoms. The highest BCUT2D eigenvalue weighted by Gasteiger charge is 2.33. The lowest BCUT2D eigenvalue weighted by Crippen LogP contribution is -2.26. The third kappa shape index (κ3) is 2.90. The number of aryl methyl sites for hydroxylation is 1. The molecule has 0 bridgehead atoms. The molecule has 0 radical (unpaired) electrons. The number of carbonyl (C=O) groups excluding carboxylic acids is 1. The van der Waals surface area contributed by atoms with E-state index < -0.39 is 22.3 Å². The summed E-state index contributed by atoms with van der Waals surface area (Å²) in [4.78, 5) is 13.3. The number of benzene rings is 1. The van der Waals surface area contributed by atoms with Crippen molar-refractivity contribution in [2.45, 2.75) is 13.0 Å². The second kappa shape index (κ2) is 5.25. The lowest BCUT2D eigenvalue weighted by atomic mass is 10.2. The minimum absolute atomic E-state index is 0.201. The molecule has 1 fully saturated rings. The normalized spacial score (nSPS) is 18.9. The van der Waals surface area contributed by atoms with Crippen molar-refractivity contribution in [1.82, 2.24) is 5.16 Å². The van der Waals surface area contributed by atoms with Gasteiger partial charge in [0, 0.05) is 11.5 Å². The minimum atomic E-state index is -3.57. The molecule has 8 nitrogen and oxygen atoms in total. The van der Waals surface area contributed by atoms with E-state index in [1.807, 2.05) is 13.0 Å². The fraction of sp³-hybridized carbons (Fsp3) is 0.385. The fourth-order valence-electron chi connectivity index (χ4n) is 2.24. The van der Waals surface area contributed by atoms with Crippen LogP contribution in [0.3, 0.4) is 0 Å². The van der Waals surface area contributed by atoms with Crippen LogP contribution >= 0.6 is 0 Å². The monoisotopic (exact) mass is 326 g/mol. The lowest BCUT2D eigenvalue weighted by Gasteiger charge is -2.12. The SMILES string of the molecule is Cc1noc2cc(N3C[C@H](COS(C)(=O)=O)OC3=O)ccc12. The van der Waals surface area contributed by atoms with Crippen LogP contribution in [0.5, 0.6) is 0 Å². The summed E-state index contributed by atoms with van der Waals surface area (Å²) in [6.07, 6.45) is -0.256. The van der Waals surface area contributed by atoms with E-state index in [-0.39, 0.29) is 13.2 Å². The van der Waals surface area contributed by atoms with Gasteiger partial charge in [-0.25, -0.2) is 4.79 Å². The number of amides is 1. The predicted octanol–water partition coefficient (Wildman–Crippen LogP) is 1.44. The van der Waals surface area contributed by atoms with Crippen molar-refractivity contribution < 1.29 is 26.7 Å². The summed E-state index contributed by atoms with van der Waals surface area (Å²) >= 11 is 0. The van der Waals surface area contributed by atoms with Gasteiger partial charge in [0.05, 0.1) is 24.2 Å². The van der Waals surface area contributed by atoms with Crippen LogP contribution in [-0.4, -0.2) is 45.2 Å². The third-order valence-electron chi connectivity index (χ3n) is 3.29. The van der Waals surface area contributed by atoms with E-state index in [4.69, 9.17) is 9.26 Å². The van der Waals surface area contributed by atoms with Crippen LogP contribution in [0, 0.1) is 6.92 Å². The highest BCUT2D eigenvalue weighted by Crippen LogP contribution is 2.27. The molecule has 0 saturated carbocycles. The molecule has 0 unspecified atom stereocenters. The predicted molar refractivity (Wildman–Crippen MR) is 77.2 cm³/mol. The maximum Gasteiger partial charge on any atom is 0.414 e. The average molecular weight is 326 g/mol. The van der Waals surface area contributed by atoms with Gasteiger partial charge in [-0.3, -0.25) is 9.08 Å². The smallest absolute Gasteiger partial charge is 0.414 e. The Morgan fingerprint density at radius 1 is 1.45 bits per heavy atom. The number of aromatic nitrogens is 1. The van der Waals surface area contributed by atoms with Crippen molar-refractivity contribution in [1.29, 1.82) is 0 Å². The van der Waals surface area contributed by atoms with Crippen molar-refractivity contribution in [2.24, 2.45) is 0 Å². The Kier molecular flexibility index (Phi) is 3.53. The molecule has 1 aromatic carbocycles. The topological polar surface area (TPSA) is 98.9 Å². The Morgan fingerprint density at radius 3 is 2.95 bits per heavy atom. The maximum atomic E-state index is 11.9.